The van der Waals surface area contributed by atoms with Gasteiger partial charge in [-0.3, -0.25) is 9.52 Å². The van der Waals surface area contributed by atoms with Crippen LogP contribution in [0.2, 0.25) is 5.02 Å². The molecule has 0 atom stereocenters. The smallest absolute Gasteiger partial charge is 0.261 e. The molecule has 1 heterocycles. The van der Waals surface area contributed by atoms with Crippen molar-refractivity contribution in [3.63, 3.8) is 0 Å². The van der Waals surface area contributed by atoms with Gasteiger partial charge >= 0.3 is 0 Å². The number of methoxy groups -OCH3 is 1. The van der Waals surface area contributed by atoms with Gasteiger partial charge in [0, 0.05) is 30.1 Å². The summed E-state index contributed by atoms with van der Waals surface area (Å²) in [6.07, 6.45) is 1.60. The summed E-state index contributed by atoms with van der Waals surface area (Å²) in [4.78, 5) is 14.0. The molecule has 0 spiro atoms. The molecule has 2 aromatic rings. The zero-order chi connectivity index (χ0) is 18.7. The van der Waals surface area contributed by atoms with Gasteiger partial charge in [-0.25, -0.2) is 8.42 Å². The molecule has 6 nitrogen and oxygen atoms in total. The topological polar surface area (TPSA) is 75.7 Å². The summed E-state index contributed by atoms with van der Waals surface area (Å²) in [5, 5.41) is 0.471. The molecule has 1 amide bonds. The van der Waals surface area contributed by atoms with E-state index in [0.717, 1.165) is 24.1 Å². The second-order valence-corrected chi connectivity index (χ2v) is 8.10. The van der Waals surface area contributed by atoms with E-state index in [0.29, 0.717) is 17.3 Å². The van der Waals surface area contributed by atoms with E-state index in [-0.39, 0.29) is 17.4 Å². The maximum absolute atomic E-state index is 12.5. The van der Waals surface area contributed by atoms with Gasteiger partial charge in [0.15, 0.2) is 0 Å². The fourth-order valence-electron chi connectivity index (χ4n) is 2.95. The molecular weight excluding hydrogens is 376 g/mol. The summed E-state index contributed by atoms with van der Waals surface area (Å²) in [5.41, 5.74) is 2.18. The zero-order valence-corrected chi connectivity index (χ0v) is 15.8. The van der Waals surface area contributed by atoms with E-state index in [1.807, 2.05) is 0 Å². The van der Waals surface area contributed by atoms with Crippen molar-refractivity contribution >= 4 is 38.9 Å². The Balaban J connectivity index is 1.85. The van der Waals surface area contributed by atoms with Crippen LogP contribution in [0, 0.1) is 0 Å². The number of ether oxygens (including phenoxy) is 1. The number of sulfonamides is 1. The number of rotatable bonds is 5. The largest absolute Gasteiger partial charge is 0.375 e. The second kappa shape index (κ2) is 7.65. The highest BCUT2D eigenvalue weighted by molar-refractivity contribution is 7.92. The molecule has 0 saturated heterocycles. The number of benzene rings is 2. The lowest BCUT2D eigenvalue weighted by Crippen LogP contribution is -2.37. The van der Waals surface area contributed by atoms with Crippen molar-refractivity contribution in [3.8, 4) is 0 Å². The van der Waals surface area contributed by atoms with E-state index in [2.05, 4.69) is 4.72 Å². The first-order valence-corrected chi connectivity index (χ1v) is 9.97. The molecule has 1 aliphatic heterocycles. The normalized spacial score (nSPS) is 14.0. The first kappa shape index (κ1) is 18.7. The van der Waals surface area contributed by atoms with Crippen molar-refractivity contribution in [2.45, 2.75) is 17.7 Å². The molecule has 0 fully saturated rings. The van der Waals surface area contributed by atoms with Gasteiger partial charge in [-0.1, -0.05) is 11.6 Å². The molecule has 0 unspecified atom stereocenters. The maximum atomic E-state index is 12.5. The molecule has 0 radical (unpaired) electrons. The summed E-state index contributed by atoms with van der Waals surface area (Å²) >= 11 is 5.81. The highest BCUT2D eigenvalue weighted by Gasteiger charge is 2.23. The van der Waals surface area contributed by atoms with E-state index < -0.39 is 10.0 Å². The SMILES string of the molecule is COCC(=O)N1CCCc2cc(NS(=O)(=O)c3ccc(Cl)cc3)ccc21. The van der Waals surface area contributed by atoms with Crippen LogP contribution in [0.1, 0.15) is 12.0 Å². The van der Waals surface area contributed by atoms with Gasteiger partial charge < -0.3 is 9.64 Å². The molecule has 1 aliphatic rings. The number of anilines is 2. The highest BCUT2D eigenvalue weighted by Crippen LogP contribution is 2.30. The van der Waals surface area contributed by atoms with Gasteiger partial charge in [-0.05, 0) is 60.9 Å². The molecular formula is C18H19ClN2O4S. The van der Waals surface area contributed by atoms with Gasteiger partial charge in [0.05, 0.1) is 4.90 Å². The maximum Gasteiger partial charge on any atom is 0.261 e. The molecule has 3 rings (SSSR count). The van der Waals surface area contributed by atoms with Gasteiger partial charge in [0.25, 0.3) is 15.9 Å². The Labute approximate surface area is 157 Å². The summed E-state index contributed by atoms with van der Waals surface area (Å²) in [5.74, 6) is -0.108. The van der Waals surface area contributed by atoms with Crippen LogP contribution >= 0.6 is 11.6 Å². The number of fused-ring (bicyclic) bond motifs is 1. The molecule has 1 N–H and O–H groups in total. The predicted molar refractivity (Wildman–Crippen MR) is 101 cm³/mol. The van der Waals surface area contributed by atoms with Crippen molar-refractivity contribution < 1.29 is 17.9 Å². The lowest BCUT2D eigenvalue weighted by molar-refractivity contribution is -0.122. The molecule has 8 heteroatoms. The second-order valence-electron chi connectivity index (χ2n) is 5.98. The molecule has 138 valence electrons. The van der Waals surface area contributed by atoms with E-state index >= 15 is 0 Å². The number of carbonyl (C=O) groups excluding carboxylic acids is 1. The minimum Gasteiger partial charge on any atom is -0.375 e. The van der Waals surface area contributed by atoms with E-state index in [1.54, 1.807) is 23.1 Å². The van der Waals surface area contributed by atoms with Crippen LogP contribution in [0.4, 0.5) is 11.4 Å². The Hall–Kier alpha value is -2.09. The quantitative estimate of drug-likeness (QED) is 0.845. The third kappa shape index (κ3) is 4.00. The number of halogens is 1. The van der Waals surface area contributed by atoms with Crippen molar-refractivity contribution in [2.24, 2.45) is 0 Å². The number of hydrogen-bond donors (Lipinski definition) is 1. The average Bonchev–Trinajstić information content (AvgIpc) is 2.61. The van der Waals surface area contributed by atoms with Crippen LogP contribution in [0.25, 0.3) is 0 Å². The Morgan fingerprint density at radius 1 is 1.23 bits per heavy atom. The summed E-state index contributed by atoms with van der Waals surface area (Å²) < 4.78 is 32.5. The molecule has 26 heavy (non-hydrogen) atoms. The fraction of sp³-hybridized carbons (Fsp3) is 0.278. The van der Waals surface area contributed by atoms with Crippen LogP contribution in [0.3, 0.4) is 0 Å². The molecule has 0 aromatic heterocycles. The third-order valence-corrected chi connectivity index (χ3v) is 5.79. The number of carbonyl (C=O) groups is 1. The summed E-state index contributed by atoms with van der Waals surface area (Å²) in [6.45, 7) is 0.648. The van der Waals surface area contributed by atoms with Crippen LogP contribution in [0.15, 0.2) is 47.4 Å². The van der Waals surface area contributed by atoms with E-state index in [4.69, 9.17) is 16.3 Å². The molecule has 0 saturated carbocycles. The Morgan fingerprint density at radius 3 is 2.65 bits per heavy atom. The van der Waals surface area contributed by atoms with Crippen molar-refractivity contribution in [3.05, 3.63) is 53.1 Å². The van der Waals surface area contributed by atoms with Crippen molar-refractivity contribution in [1.82, 2.24) is 0 Å². The number of hydrogen-bond acceptors (Lipinski definition) is 4. The number of nitrogens with zero attached hydrogens (tertiary/aromatic N) is 1. The van der Waals surface area contributed by atoms with Crippen LogP contribution in [-0.4, -0.2) is 34.6 Å². The van der Waals surface area contributed by atoms with Gasteiger partial charge in [0.1, 0.15) is 6.61 Å². The van der Waals surface area contributed by atoms with Crippen LogP contribution < -0.4 is 9.62 Å². The Bertz CT molecular complexity index is 913. The Morgan fingerprint density at radius 2 is 1.96 bits per heavy atom. The first-order valence-electron chi connectivity index (χ1n) is 8.11. The van der Waals surface area contributed by atoms with Crippen molar-refractivity contribution in [1.29, 1.82) is 0 Å². The minimum absolute atomic E-state index is 0.0182. The third-order valence-electron chi connectivity index (χ3n) is 4.14. The number of aryl methyl sites for hydroxylation is 1. The van der Waals surface area contributed by atoms with Gasteiger partial charge in [-0.15, -0.1) is 0 Å². The van der Waals surface area contributed by atoms with Crippen LogP contribution in [0.5, 0.6) is 0 Å². The fourth-order valence-corrected chi connectivity index (χ4v) is 4.12. The Kier molecular flexibility index (Phi) is 5.50. The molecule has 2 aromatic carbocycles. The minimum atomic E-state index is -3.70. The lowest BCUT2D eigenvalue weighted by atomic mass is 10.0. The van der Waals surface area contributed by atoms with Crippen LogP contribution in [-0.2, 0) is 26.0 Å². The first-order chi connectivity index (χ1) is 12.4. The molecule has 0 aliphatic carbocycles. The predicted octanol–water partition coefficient (Wildman–Crippen LogP) is 3.07. The zero-order valence-electron chi connectivity index (χ0n) is 14.2. The monoisotopic (exact) mass is 394 g/mol. The van der Waals surface area contributed by atoms with Gasteiger partial charge in [0.2, 0.25) is 0 Å². The standard InChI is InChI=1S/C18H19ClN2O4S/c1-25-12-18(22)21-10-2-3-13-11-15(6-9-17(13)21)20-26(23,24)16-7-4-14(19)5-8-16/h4-9,11,20H,2-3,10,12H2,1H3. The molecule has 0 bridgehead atoms. The van der Waals surface area contributed by atoms with Crippen molar-refractivity contribution in [2.75, 3.05) is 29.9 Å². The van der Waals surface area contributed by atoms with E-state index in [1.165, 1.54) is 31.4 Å². The highest BCUT2D eigenvalue weighted by atomic mass is 35.5. The van der Waals surface area contributed by atoms with E-state index in [9.17, 15) is 13.2 Å². The lowest BCUT2D eigenvalue weighted by Gasteiger charge is -2.29. The summed E-state index contributed by atoms with van der Waals surface area (Å²) in [7, 11) is -2.22. The number of amides is 1. The average molecular weight is 395 g/mol. The summed E-state index contributed by atoms with van der Waals surface area (Å²) in [6, 6.07) is 11.2. The number of nitrogens with one attached hydrogen (secondary N) is 1. The van der Waals surface area contributed by atoms with Gasteiger partial charge in [-0.2, -0.15) is 0 Å².